The lowest BCUT2D eigenvalue weighted by Gasteiger charge is -2.11. The Hall–Kier alpha value is -1.60. The van der Waals surface area contributed by atoms with E-state index < -0.39 is 16.9 Å². The van der Waals surface area contributed by atoms with E-state index in [9.17, 15) is 20.0 Å². The van der Waals surface area contributed by atoms with Crippen molar-refractivity contribution in [1.29, 1.82) is 0 Å². The van der Waals surface area contributed by atoms with E-state index in [4.69, 9.17) is 0 Å². The number of rotatable bonds is 3. The minimum atomic E-state index is -1.09. The molecule has 96 valence electrons. The molecule has 1 fully saturated rings. The number of aryl methyl sites for hydroxylation is 1. The van der Waals surface area contributed by atoms with Crippen LogP contribution in [0.1, 0.15) is 16.5 Å². The average molecular weight is 268 g/mol. The summed E-state index contributed by atoms with van der Waals surface area (Å²) in [6.45, 7) is 1.68. The summed E-state index contributed by atoms with van der Waals surface area (Å²) >= 11 is 1.46. The highest BCUT2D eigenvalue weighted by molar-refractivity contribution is 7.99. The SMILES string of the molecule is Cc1ccc(C2[NH2+]C(C(=O)[O-])CS2)cc1[N+](=O)[O-]. The van der Waals surface area contributed by atoms with Crippen LogP contribution in [0, 0.1) is 17.0 Å². The number of thioether (sulfide) groups is 1. The van der Waals surface area contributed by atoms with Crippen LogP contribution in [0.15, 0.2) is 18.2 Å². The molecule has 2 unspecified atom stereocenters. The Balaban J connectivity index is 2.22. The number of nitro groups is 1. The summed E-state index contributed by atoms with van der Waals surface area (Å²) in [7, 11) is 0. The molecule has 1 aromatic rings. The molecule has 0 radical (unpaired) electrons. The number of carboxylic acid groups (broad SMARTS) is 1. The van der Waals surface area contributed by atoms with Gasteiger partial charge in [-0.25, -0.2) is 0 Å². The van der Waals surface area contributed by atoms with Crippen molar-refractivity contribution in [2.24, 2.45) is 0 Å². The Morgan fingerprint density at radius 2 is 2.28 bits per heavy atom. The second-order valence-corrected chi connectivity index (χ2v) is 5.35. The zero-order valence-corrected chi connectivity index (χ0v) is 10.5. The first-order valence-electron chi connectivity index (χ1n) is 5.41. The van der Waals surface area contributed by atoms with Crippen molar-refractivity contribution in [2.45, 2.75) is 18.3 Å². The molecule has 0 saturated carbocycles. The van der Waals surface area contributed by atoms with Gasteiger partial charge in [0.2, 0.25) is 0 Å². The number of benzene rings is 1. The van der Waals surface area contributed by atoms with Gasteiger partial charge < -0.3 is 15.2 Å². The lowest BCUT2D eigenvalue weighted by molar-refractivity contribution is -0.690. The quantitative estimate of drug-likeness (QED) is 0.579. The fourth-order valence-corrected chi connectivity index (χ4v) is 3.19. The number of carboxylic acids is 1. The Labute approximate surface area is 108 Å². The predicted octanol–water partition coefficient (Wildman–Crippen LogP) is -0.669. The molecule has 7 heteroatoms. The van der Waals surface area contributed by atoms with Gasteiger partial charge in [0.15, 0.2) is 5.37 Å². The van der Waals surface area contributed by atoms with Crippen LogP contribution in [0.4, 0.5) is 5.69 Å². The van der Waals surface area contributed by atoms with Crippen LogP contribution in [0.2, 0.25) is 0 Å². The van der Waals surface area contributed by atoms with Gasteiger partial charge in [0.05, 0.1) is 10.7 Å². The van der Waals surface area contributed by atoms with Gasteiger partial charge in [-0.3, -0.25) is 10.1 Å². The van der Waals surface area contributed by atoms with Gasteiger partial charge in [0.1, 0.15) is 12.0 Å². The molecule has 2 atom stereocenters. The molecule has 0 amide bonds. The second-order valence-electron chi connectivity index (χ2n) is 4.17. The summed E-state index contributed by atoms with van der Waals surface area (Å²) in [6.07, 6.45) is 0. The molecule has 1 aliphatic heterocycles. The molecular formula is C11H12N2O4S. The van der Waals surface area contributed by atoms with Crippen molar-refractivity contribution in [1.82, 2.24) is 0 Å². The molecule has 0 bridgehead atoms. The summed E-state index contributed by atoms with van der Waals surface area (Å²) in [6, 6.07) is 4.42. The maximum Gasteiger partial charge on any atom is 0.272 e. The number of nitro benzene ring substituents is 1. The molecular weight excluding hydrogens is 256 g/mol. The van der Waals surface area contributed by atoms with E-state index in [2.05, 4.69) is 0 Å². The fourth-order valence-electron chi connectivity index (χ4n) is 1.88. The predicted molar refractivity (Wildman–Crippen MR) is 63.8 cm³/mol. The minimum Gasteiger partial charge on any atom is -0.544 e. The van der Waals surface area contributed by atoms with E-state index in [1.165, 1.54) is 17.8 Å². The van der Waals surface area contributed by atoms with Crippen LogP contribution in [0.25, 0.3) is 0 Å². The van der Waals surface area contributed by atoms with Crippen LogP contribution in [0.3, 0.4) is 0 Å². The first-order chi connectivity index (χ1) is 8.49. The molecule has 0 spiro atoms. The molecule has 2 rings (SSSR count). The monoisotopic (exact) mass is 268 g/mol. The number of nitrogens with zero attached hydrogens (tertiary/aromatic N) is 1. The van der Waals surface area contributed by atoms with Crippen molar-refractivity contribution in [2.75, 3.05) is 5.75 Å². The van der Waals surface area contributed by atoms with Crippen molar-refractivity contribution < 1.29 is 20.1 Å². The standard InChI is InChI=1S/C11H12N2O4S/c1-6-2-3-7(4-9(6)13(16)17)10-12-8(5-18-10)11(14)15/h2-4,8,10,12H,5H2,1H3,(H,14,15). The van der Waals surface area contributed by atoms with E-state index >= 15 is 0 Å². The Morgan fingerprint density at radius 1 is 1.56 bits per heavy atom. The summed E-state index contributed by atoms with van der Waals surface area (Å²) in [5.74, 6) is -0.638. The first-order valence-corrected chi connectivity index (χ1v) is 6.46. The normalized spacial score (nSPS) is 22.9. The van der Waals surface area contributed by atoms with E-state index in [0.717, 1.165) is 5.56 Å². The van der Waals surface area contributed by atoms with E-state index in [1.54, 1.807) is 24.4 Å². The molecule has 1 aliphatic rings. The van der Waals surface area contributed by atoms with Gasteiger partial charge in [-0.05, 0) is 6.92 Å². The Morgan fingerprint density at radius 3 is 2.83 bits per heavy atom. The van der Waals surface area contributed by atoms with Gasteiger partial charge in [0.25, 0.3) is 5.69 Å². The van der Waals surface area contributed by atoms with Gasteiger partial charge >= 0.3 is 0 Å². The van der Waals surface area contributed by atoms with E-state index in [-0.39, 0.29) is 11.1 Å². The Bertz CT molecular complexity index is 506. The summed E-state index contributed by atoms with van der Waals surface area (Å²) in [5.41, 5.74) is 1.43. The largest absolute Gasteiger partial charge is 0.544 e. The minimum absolute atomic E-state index is 0.0680. The van der Waals surface area contributed by atoms with E-state index in [0.29, 0.717) is 11.3 Å². The number of carbonyl (C=O) groups excluding carboxylic acids is 1. The number of aliphatic carboxylic acids is 1. The highest BCUT2D eigenvalue weighted by Gasteiger charge is 2.31. The summed E-state index contributed by atoms with van der Waals surface area (Å²) in [5, 5.41) is 23.1. The lowest BCUT2D eigenvalue weighted by Crippen LogP contribution is -2.90. The van der Waals surface area contributed by atoms with Gasteiger partial charge in [-0.1, -0.05) is 23.9 Å². The van der Waals surface area contributed by atoms with Gasteiger partial charge in [-0.15, -0.1) is 0 Å². The lowest BCUT2D eigenvalue weighted by atomic mass is 10.1. The number of nitrogens with two attached hydrogens (primary N) is 1. The molecule has 1 aromatic carbocycles. The Kier molecular flexibility index (Phi) is 3.53. The van der Waals surface area contributed by atoms with Gasteiger partial charge in [-0.2, -0.15) is 0 Å². The number of hydrogen-bond donors (Lipinski definition) is 1. The maximum atomic E-state index is 10.8. The van der Waals surface area contributed by atoms with Crippen molar-refractivity contribution in [3.8, 4) is 0 Å². The molecule has 0 aromatic heterocycles. The third kappa shape index (κ3) is 2.46. The van der Waals surface area contributed by atoms with Crippen molar-refractivity contribution >= 4 is 23.4 Å². The molecule has 1 saturated heterocycles. The van der Waals surface area contributed by atoms with Crippen molar-refractivity contribution in [3.05, 3.63) is 39.4 Å². The smallest absolute Gasteiger partial charge is 0.272 e. The maximum absolute atomic E-state index is 10.8. The summed E-state index contributed by atoms with van der Waals surface area (Å²) in [4.78, 5) is 21.2. The summed E-state index contributed by atoms with van der Waals surface area (Å²) < 4.78 is 0. The third-order valence-electron chi connectivity index (χ3n) is 2.92. The van der Waals surface area contributed by atoms with Crippen LogP contribution >= 0.6 is 11.8 Å². The van der Waals surface area contributed by atoms with Gasteiger partial charge in [0, 0.05) is 17.2 Å². The molecule has 1 heterocycles. The van der Waals surface area contributed by atoms with Crippen LogP contribution in [-0.2, 0) is 4.79 Å². The fraction of sp³-hybridized carbons (Fsp3) is 0.364. The molecule has 0 aliphatic carbocycles. The highest BCUT2D eigenvalue weighted by atomic mass is 32.2. The van der Waals surface area contributed by atoms with Crippen molar-refractivity contribution in [3.63, 3.8) is 0 Å². The van der Waals surface area contributed by atoms with Crippen LogP contribution < -0.4 is 10.4 Å². The van der Waals surface area contributed by atoms with E-state index in [1.807, 2.05) is 0 Å². The molecule has 2 N–H and O–H groups in total. The highest BCUT2D eigenvalue weighted by Crippen LogP contribution is 2.30. The average Bonchev–Trinajstić information content (AvgIpc) is 2.78. The third-order valence-corrected chi connectivity index (χ3v) is 4.26. The van der Waals surface area contributed by atoms with Crippen LogP contribution in [-0.4, -0.2) is 22.7 Å². The molecule has 6 nitrogen and oxygen atoms in total. The second kappa shape index (κ2) is 4.95. The number of hydrogen-bond acceptors (Lipinski definition) is 5. The number of carbonyl (C=O) groups is 1. The zero-order valence-electron chi connectivity index (χ0n) is 9.66. The topological polar surface area (TPSA) is 99.9 Å². The number of quaternary nitrogens is 1. The van der Waals surface area contributed by atoms with Crippen LogP contribution in [0.5, 0.6) is 0 Å². The first kappa shape index (κ1) is 12.8. The zero-order chi connectivity index (χ0) is 13.3. The molecule has 18 heavy (non-hydrogen) atoms.